The van der Waals surface area contributed by atoms with Crippen LogP contribution in [0.2, 0.25) is 0 Å². The van der Waals surface area contributed by atoms with Gasteiger partial charge in [-0.1, -0.05) is 30.3 Å². The summed E-state index contributed by atoms with van der Waals surface area (Å²) in [6.07, 6.45) is 3.61. The molecule has 1 aromatic heterocycles. The van der Waals surface area contributed by atoms with E-state index in [0.717, 1.165) is 45.0 Å². The molecule has 1 aliphatic rings. The summed E-state index contributed by atoms with van der Waals surface area (Å²) in [6, 6.07) is 19.6. The fraction of sp³-hybridized carbons (Fsp3) is 0.357. The molecule has 0 unspecified atom stereocenters. The molecule has 4 rings (SSSR count). The summed E-state index contributed by atoms with van der Waals surface area (Å²) in [6.45, 7) is 8.49. The molecule has 184 valence electrons. The number of amides is 1. The van der Waals surface area contributed by atoms with Crippen molar-refractivity contribution in [3.63, 3.8) is 0 Å². The molecule has 7 heteroatoms. The first-order valence-corrected chi connectivity index (χ1v) is 12.1. The van der Waals surface area contributed by atoms with Crippen LogP contribution in [0.15, 0.2) is 73.1 Å². The molecule has 2 heterocycles. The summed E-state index contributed by atoms with van der Waals surface area (Å²) in [4.78, 5) is 21.7. The van der Waals surface area contributed by atoms with Gasteiger partial charge in [0.25, 0.3) is 5.91 Å². The van der Waals surface area contributed by atoms with Gasteiger partial charge in [-0.2, -0.15) is 0 Å². The Hall–Kier alpha value is -3.42. The van der Waals surface area contributed by atoms with Crippen molar-refractivity contribution in [3.8, 4) is 11.5 Å². The minimum atomic E-state index is -0.172. The first-order chi connectivity index (χ1) is 17.1. The van der Waals surface area contributed by atoms with E-state index in [-0.39, 0.29) is 12.0 Å². The molecule has 2 aromatic carbocycles. The number of carbonyl (C=O) groups is 1. The van der Waals surface area contributed by atoms with E-state index < -0.39 is 0 Å². The van der Waals surface area contributed by atoms with Gasteiger partial charge in [-0.3, -0.25) is 19.6 Å². The van der Waals surface area contributed by atoms with E-state index in [1.807, 2.05) is 49.6 Å². The molecule has 0 saturated carbocycles. The van der Waals surface area contributed by atoms with Gasteiger partial charge in [0.2, 0.25) is 0 Å². The second-order valence-corrected chi connectivity index (χ2v) is 8.90. The quantitative estimate of drug-likeness (QED) is 0.484. The fourth-order valence-corrected chi connectivity index (χ4v) is 4.22. The number of methoxy groups -OCH3 is 1. The van der Waals surface area contributed by atoms with E-state index in [0.29, 0.717) is 17.9 Å². The van der Waals surface area contributed by atoms with Crippen LogP contribution in [0.4, 0.5) is 0 Å². The van der Waals surface area contributed by atoms with Gasteiger partial charge < -0.3 is 14.8 Å². The fourth-order valence-electron chi connectivity index (χ4n) is 4.22. The van der Waals surface area contributed by atoms with Crippen LogP contribution >= 0.6 is 0 Å². The zero-order chi connectivity index (χ0) is 24.5. The molecule has 0 radical (unpaired) electrons. The number of ether oxygens (including phenoxy) is 2. The first kappa shape index (κ1) is 24.7. The third-order valence-electron chi connectivity index (χ3n) is 6.16. The largest absolute Gasteiger partial charge is 0.496 e. The minimum absolute atomic E-state index is 0.160. The van der Waals surface area contributed by atoms with Gasteiger partial charge in [0.05, 0.1) is 19.2 Å². The molecule has 1 N–H and O–H groups in total. The highest BCUT2D eigenvalue weighted by Gasteiger charge is 2.17. The molecule has 35 heavy (non-hydrogen) atoms. The van der Waals surface area contributed by atoms with Crippen molar-refractivity contribution in [1.29, 1.82) is 0 Å². The lowest BCUT2D eigenvalue weighted by atomic mass is 10.1. The minimum Gasteiger partial charge on any atom is -0.496 e. The number of para-hydroxylation sites is 1. The highest BCUT2D eigenvalue weighted by atomic mass is 16.5. The van der Waals surface area contributed by atoms with Gasteiger partial charge in [-0.25, -0.2) is 0 Å². The SMILES string of the molecule is COc1ccccc1C(=O)NC[C@@H](C)Oc1ccc(CN2CCN(Cc3cccnc3)CC2)cc1. The Bertz CT molecular complexity index is 1070. The molecule has 1 amide bonds. The number of rotatable bonds is 10. The second-order valence-electron chi connectivity index (χ2n) is 8.90. The van der Waals surface area contributed by atoms with Crippen molar-refractivity contribution < 1.29 is 14.3 Å². The zero-order valence-corrected chi connectivity index (χ0v) is 20.5. The van der Waals surface area contributed by atoms with Gasteiger partial charge in [0.1, 0.15) is 17.6 Å². The predicted octanol–water partition coefficient (Wildman–Crippen LogP) is 3.61. The molecule has 1 fully saturated rings. The number of carbonyl (C=O) groups excluding carboxylic acids is 1. The summed E-state index contributed by atoms with van der Waals surface area (Å²) in [7, 11) is 1.56. The van der Waals surface area contributed by atoms with Gasteiger partial charge >= 0.3 is 0 Å². The Kier molecular flexibility index (Phi) is 8.70. The van der Waals surface area contributed by atoms with Crippen molar-refractivity contribution >= 4 is 5.91 Å². The molecule has 1 aliphatic heterocycles. The van der Waals surface area contributed by atoms with Crippen LogP contribution in [0.5, 0.6) is 11.5 Å². The number of piperazine rings is 1. The van der Waals surface area contributed by atoms with Crippen molar-refractivity contribution in [2.45, 2.75) is 26.1 Å². The maximum absolute atomic E-state index is 12.5. The number of benzene rings is 2. The summed E-state index contributed by atoms with van der Waals surface area (Å²) in [5.41, 5.74) is 3.06. The van der Waals surface area contributed by atoms with Crippen LogP contribution in [0, 0.1) is 0 Å². The van der Waals surface area contributed by atoms with E-state index in [2.05, 4.69) is 38.3 Å². The van der Waals surface area contributed by atoms with Gasteiger partial charge in [-0.05, 0) is 48.4 Å². The summed E-state index contributed by atoms with van der Waals surface area (Å²) in [5.74, 6) is 1.19. The van der Waals surface area contributed by atoms with Crippen LogP contribution in [-0.2, 0) is 13.1 Å². The summed E-state index contributed by atoms with van der Waals surface area (Å²) >= 11 is 0. The number of nitrogens with one attached hydrogen (secondary N) is 1. The highest BCUT2D eigenvalue weighted by molar-refractivity contribution is 5.96. The Morgan fingerprint density at radius 1 is 0.943 bits per heavy atom. The molecular formula is C28H34N4O3. The van der Waals surface area contributed by atoms with Crippen LogP contribution in [0.25, 0.3) is 0 Å². The Morgan fingerprint density at radius 3 is 2.29 bits per heavy atom. The van der Waals surface area contributed by atoms with Gasteiger partial charge in [0, 0.05) is 51.7 Å². The molecule has 1 saturated heterocycles. The molecular weight excluding hydrogens is 440 g/mol. The van der Waals surface area contributed by atoms with E-state index in [9.17, 15) is 4.79 Å². The van der Waals surface area contributed by atoms with Gasteiger partial charge in [-0.15, -0.1) is 0 Å². The second kappa shape index (κ2) is 12.3. The summed E-state index contributed by atoms with van der Waals surface area (Å²) < 4.78 is 11.3. The van der Waals surface area contributed by atoms with Crippen LogP contribution < -0.4 is 14.8 Å². The average Bonchev–Trinajstić information content (AvgIpc) is 2.90. The van der Waals surface area contributed by atoms with Crippen LogP contribution in [-0.4, -0.2) is 66.6 Å². The normalized spacial score (nSPS) is 15.4. The van der Waals surface area contributed by atoms with Crippen molar-refractivity contribution in [2.24, 2.45) is 0 Å². The number of nitrogens with zero attached hydrogens (tertiary/aromatic N) is 3. The topological polar surface area (TPSA) is 66.9 Å². The van der Waals surface area contributed by atoms with E-state index in [1.165, 1.54) is 11.1 Å². The molecule has 0 aliphatic carbocycles. The molecule has 3 aromatic rings. The maximum Gasteiger partial charge on any atom is 0.255 e. The van der Waals surface area contributed by atoms with E-state index in [1.54, 1.807) is 19.2 Å². The average molecular weight is 475 g/mol. The lowest BCUT2D eigenvalue weighted by molar-refractivity contribution is 0.0929. The van der Waals surface area contributed by atoms with Gasteiger partial charge in [0.15, 0.2) is 0 Å². The predicted molar refractivity (Wildman–Crippen MR) is 137 cm³/mol. The van der Waals surface area contributed by atoms with E-state index >= 15 is 0 Å². The molecule has 1 atom stereocenters. The third kappa shape index (κ3) is 7.28. The molecule has 0 spiro atoms. The lowest BCUT2D eigenvalue weighted by Crippen LogP contribution is -2.45. The van der Waals surface area contributed by atoms with E-state index in [4.69, 9.17) is 9.47 Å². The molecule has 7 nitrogen and oxygen atoms in total. The first-order valence-electron chi connectivity index (χ1n) is 12.1. The highest BCUT2D eigenvalue weighted by Crippen LogP contribution is 2.18. The Labute approximate surface area is 207 Å². The van der Waals surface area contributed by atoms with Crippen LogP contribution in [0.3, 0.4) is 0 Å². The third-order valence-corrected chi connectivity index (χ3v) is 6.16. The van der Waals surface area contributed by atoms with Crippen LogP contribution in [0.1, 0.15) is 28.4 Å². The smallest absolute Gasteiger partial charge is 0.255 e. The standard InChI is InChI=1S/C28H34N4O3/c1-22(18-30-28(33)26-7-3-4-8-27(26)34-2)35-25-11-9-23(10-12-25)20-31-14-16-32(17-15-31)21-24-6-5-13-29-19-24/h3-13,19,22H,14-18,20-21H2,1-2H3,(H,30,33)/t22-/m1/s1. The van der Waals surface area contributed by atoms with Crippen molar-refractivity contribution in [2.75, 3.05) is 39.8 Å². The van der Waals surface area contributed by atoms with Crippen molar-refractivity contribution in [3.05, 3.63) is 89.7 Å². The Morgan fingerprint density at radius 2 is 1.63 bits per heavy atom. The number of pyridine rings is 1. The summed E-state index contributed by atoms with van der Waals surface area (Å²) in [5, 5.41) is 2.92. The number of aromatic nitrogens is 1. The Balaban J connectivity index is 1.19. The maximum atomic E-state index is 12.5. The monoisotopic (exact) mass is 474 g/mol. The van der Waals surface area contributed by atoms with Crippen molar-refractivity contribution in [1.82, 2.24) is 20.1 Å². The zero-order valence-electron chi connectivity index (χ0n) is 20.5. The number of hydrogen-bond donors (Lipinski definition) is 1. The molecule has 0 bridgehead atoms. The lowest BCUT2D eigenvalue weighted by Gasteiger charge is -2.34. The number of hydrogen-bond acceptors (Lipinski definition) is 6.